The third-order valence-electron chi connectivity index (χ3n) is 3.33. The van der Waals surface area contributed by atoms with Gasteiger partial charge in [-0.1, -0.05) is 12.1 Å². The molecule has 3 aromatic rings. The van der Waals surface area contributed by atoms with E-state index in [4.69, 9.17) is 10.5 Å². The Morgan fingerprint density at radius 3 is 2.16 bits per heavy atom. The van der Waals surface area contributed by atoms with E-state index in [2.05, 4.69) is 4.98 Å². The molecular weight excluding hydrogens is 353 g/mol. The van der Waals surface area contributed by atoms with Crippen LogP contribution >= 0.6 is 11.3 Å². The predicted octanol–water partition coefficient (Wildman–Crippen LogP) is 4.95. The van der Waals surface area contributed by atoms with Crippen LogP contribution in [0.4, 0.5) is 18.0 Å². The van der Waals surface area contributed by atoms with Crippen LogP contribution < -0.4 is 10.5 Å². The molecule has 0 saturated carbocycles. The van der Waals surface area contributed by atoms with Crippen molar-refractivity contribution in [3.8, 4) is 27.6 Å². The summed E-state index contributed by atoms with van der Waals surface area (Å²) in [6.07, 6.45) is -5.26. The number of rotatable bonds is 3. The van der Waals surface area contributed by atoms with Gasteiger partial charge in [-0.3, -0.25) is 0 Å². The standard InChI is InChI=1S/C17H11F3N2O2S/c18-17(19,20)12-5-1-11(2-6-12)15-22-14(9-25-15)10-3-7-13(8-4-10)24-16(21)23/h1-9H,(H2,21,23). The van der Waals surface area contributed by atoms with Crippen molar-refractivity contribution >= 4 is 17.4 Å². The van der Waals surface area contributed by atoms with Gasteiger partial charge >= 0.3 is 12.3 Å². The molecule has 0 atom stereocenters. The fraction of sp³-hybridized carbons (Fsp3) is 0.0588. The SMILES string of the molecule is NC(=O)Oc1ccc(-c2csc(-c3ccc(C(F)(F)F)cc3)n2)cc1. The molecule has 128 valence electrons. The lowest BCUT2D eigenvalue weighted by atomic mass is 10.1. The first-order valence-corrected chi connectivity index (χ1v) is 7.92. The van der Waals surface area contributed by atoms with Crippen LogP contribution in [0.5, 0.6) is 5.75 Å². The highest BCUT2D eigenvalue weighted by atomic mass is 32.1. The number of carbonyl (C=O) groups is 1. The van der Waals surface area contributed by atoms with Gasteiger partial charge in [-0.2, -0.15) is 13.2 Å². The monoisotopic (exact) mass is 364 g/mol. The van der Waals surface area contributed by atoms with Crippen LogP contribution in [-0.2, 0) is 6.18 Å². The molecule has 1 amide bonds. The average Bonchev–Trinajstić information content (AvgIpc) is 3.04. The lowest BCUT2D eigenvalue weighted by Gasteiger charge is -2.06. The Bertz CT molecular complexity index is 888. The van der Waals surface area contributed by atoms with Crippen molar-refractivity contribution in [2.45, 2.75) is 6.18 Å². The highest BCUT2D eigenvalue weighted by Gasteiger charge is 2.30. The number of nitrogens with zero attached hydrogens (tertiary/aromatic N) is 1. The number of nitrogens with two attached hydrogens (primary N) is 1. The fourth-order valence-electron chi connectivity index (χ4n) is 2.15. The van der Waals surface area contributed by atoms with Gasteiger partial charge in [0.2, 0.25) is 0 Å². The molecule has 0 fully saturated rings. The van der Waals surface area contributed by atoms with Crippen LogP contribution in [0.3, 0.4) is 0 Å². The summed E-state index contributed by atoms with van der Waals surface area (Å²) >= 11 is 1.33. The molecule has 0 unspecified atom stereocenters. The van der Waals surface area contributed by atoms with E-state index in [9.17, 15) is 18.0 Å². The molecule has 2 N–H and O–H groups in total. The highest BCUT2D eigenvalue weighted by Crippen LogP contribution is 2.33. The van der Waals surface area contributed by atoms with Crippen molar-refractivity contribution in [1.82, 2.24) is 4.98 Å². The molecule has 0 aliphatic rings. The first-order chi connectivity index (χ1) is 11.8. The van der Waals surface area contributed by atoms with Crippen molar-refractivity contribution in [3.63, 3.8) is 0 Å². The molecule has 3 rings (SSSR count). The van der Waals surface area contributed by atoms with Crippen LogP contribution in [0.2, 0.25) is 0 Å². The van der Waals surface area contributed by atoms with Gasteiger partial charge in [0.05, 0.1) is 11.3 Å². The Morgan fingerprint density at radius 2 is 1.60 bits per heavy atom. The maximum Gasteiger partial charge on any atom is 0.416 e. The number of primary amides is 1. The molecule has 0 aliphatic carbocycles. The van der Waals surface area contributed by atoms with E-state index in [0.717, 1.165) is 17.7 Å². The summed E-state index contributed by atoms with van der Waals surface area (Å²) in [7, 11) is 0. The van der Waals surface area contributed by atoms with Gasteiger partial charge in [-0.25, -0.2) is 9.78 Å². The number of carbonyl (C=O) groups excluding carboxylic acids is 1. The second-order valence-corrected chi connectivity index (χ2v) is 5.92. The minimum atomic E-state index is -4.36. The first-order valence-electron chi connectivity index (χ1n) is 7.04. The summed E-state index contributed by atoms with van der Waals surface area (Å²) in [4.78, 5) is 15.1. The van der Waals surface area contributed by atoms with Gasteiger partial charge in [-0.15, -0.1) is 11.3 Å². The van der Waals surface area contributed by atoms with Gasteiger partial charge in [0.1, 0.15) is 10.8 Å². The molecule has 0 spiro atoms. The van der Waals surface area contributed by atoms with Crippen molar-refractivity contribution in [2.75, 3.05) is 0 Å². The molecule has 0 radical (unpaired) electrons. The quantitative estimate of drug-likeness (QED) is 0.715. The summed E-state index contributed by atoms with van der Waals surface area (Å²) in [6, 6.07) is 11.4. The van der Waals surface area contributed by atoms with Gasteiger partial charge < -0.3 is 10.5 Å². The largest absolute Gasteiger partial charge is 0.416 e. The number of hydrogen-bond acceptors (Lipinski definition) is 4. The van der Waals surface area contributed by atoms with E-state index in [1.165, 1.54) is 23.5 Å². The van der Waals surface area contributed by atoms with Crippen LogP contribution in [0.1, 0.15) is 5.56 Å². The second-order valence-electron chi connectivity index (χ2n) is 5.06. The molecule has 1 aromatic heterocycles. The molecule has 4 nitrogen and oxygen atoms in total. The summed E-state index contributed by atoms with van der Waals surface area (Å²) < 4.78 is 42.6. The molecule has 25 heavy (non-hydrogen) atoms. The zero-order chi connectivity index (χ0) is 18.0. The van der Waals surface area contributed by atoms with Gasteiger partial charge in [0, 0.05) is 16.5 Å². The third-order valence-corrected chi connectivity index (χ3v) is 4.22. The van der Waals surface area contributed by atoms with E-state index in [0.29, 0.717) is 22.0 Å². The molecule has 8 heteroatoms. The van der Waals surface area contributed by atoms with Crippen LogP contribution in [-0.4, -0.2) is 11.1 Å². The Labute approximate surface area is 144 Å². The average molecular weight is 364 g/mol. The molecule has 1 heterocycles. The number of benzene rings is 2. The molecular formula is C17H11F3N2O2S. The Hall–Kier alpha value is -2.87. The number of alkyl halides is 3. The number of amides is 1. The summed E-state index contributed by atoms with van der Waals surface area (Å²) in [6.45, 7) is 0. The molecule has 0 saturated heterocycles. The van der Waals surface area contributed by atoms with Gasteiger partial charge in [0.25, 0.3) is 0 Å². The topological polar surface area (TPSA) is 65.2 Å². The van der Waals surface area contributed by atoms with E-state index >= 15 is 0 Å². The maximum absolute atomic E-state index is 12.6. The number of thiazole rings is 1. The molecule has 2 aromatic carbocycles. The lowest BCUT2D eigenvalue weighted by Crippen LogP contribution is -2.16. The Balaban J connectivity index is 1.81. The Morgan fingerprint density at radius 1 is 1.00 bits per heavy atom. The Kier molecular flexibility index (Phi) is 4.45. The van der Waals surface area contributed by atoms with Crippen molar-refractivity contribution in [1.29, 1.82) is 0 Å². The van der Waals surface area contributed by atoms with Crippen molar-refractivity contribution < 1.29 is 22.7 Å². The zero-order valence-electron chi connectivity index (χ0n) is 12.6. The smallest absolute Gasteiger partial charge is 0.411 e. The van der Waals surface area contributed by atoms with E-state index in [1.54, 1.807) is 29.6 Å². The van der Waals surface area contributed by atoms with Crippen LogP contribution in [0.25, 0.3) is 21.8 Å². The zero-order valence-corrected chi connectivity index (χ0v) is 13.4. The predicted molar refractivity (Wildman–Crippen MR) is 88.2 cm³/mol. The van der Waals surface area contributed by atoms with Crippen molar-refractivity contribution in [2.24, 2.45) is 5.73 Å². The van der Waals surface area contributed by atoms with E-state index in [-0.39, 0.29) is 0 Å². The minimum absolute atomic E-state index is 0.314. The number of halogens is 3. The lowest BCUT2D eigenvalue weighted by molar-refractivity contribution is -0.137. The van der Waals surface area contributed by atoms with E-state index < -0.39 is 17.8 Å². The van der Waals surface area contributed by atoms with E-state index in [1.807, 2.05) is 0 Å². The molecule has 0 bridgehead atoms. The fourth-order valence-corrected chi connectivity index (χ4v) is 2.99. The summed E-state index contributed by atoms with van der Waals surface area (Å²) in [5.41, 5.74) is 6.30. The third kappa shape index (κ3) is 3.97. The minimum Gasteiger partial charge on any atom is -0.411 e. The van der Waals surface area contributed by atoms with Gasteiger partial charge in [-0.05, 0) is 36.4 Å². The highest BCUT2D eigenvalue weighted by molar-refractivity contribution is 7.13. The number of aromatic nitrogens is 1. The number of ether oxygens (including phenoxy) is 1. The second kappa shape index (κ2) is 6.56. The first kappa shape index (κ1) is 17.0. The van der Waals surface area contributed by atoms with Gasteiger partial charge in [0.15, 0.2) is 0 Å². The summed E-state index contributed by atoms with van der Waals surface area (Å²) in [5, 5.41) is 2.41. The molecule has 0 aliphatic heterocycles. The maximum atomic E-state index is 12.6. The van der Waals surface area contributed by atoms with Crippen molar-refractivity contribution in [3.05, 3.63) is 59.5 Å². The van der Waals surface area contributed by atoms with Crippen LogP contribution in [0.15, 0.2) is 53.9 Å². The normalized spacial score (nSPS) is 11.3. The summed E-state index contributed by atoms with van der Waals surface area (Å²) in [5.74, 6) is 0.314. The number of hydrogen-bond donors (Lipinski definition) is 1. The van der Waals surface area contributed by atoms with Crippen LogP contribution in [0, 0.1) is 0 Å².